The van der Waals surface area contributed by atoms with Crippen LogP contribution in [0.4, 0.5) is 11.5 Å². The SMILES string of the molecule is CC(CNc1ccc2cc(N)ccc2n1)c1nccs1. The quantitative estimate of drug-likeness (QED) is 0.720. The van der Waals surface area contributed by atoms with Crippen molar-refractivity contribution in [2.75, 3.05) is 17.6 Å². The van der Waals surface area contributed by atoms with Crippen molar-refractivity contribution >= 4 is 33.7 Å². The number of thiazole rings is 1. The van der Waals surface area contributed by atoms with Gasteiger partial charge in [-0.1, -0.05) is 6.92 Å². The van der Waals surface area contributed by atoms with Gasteiger partial charge < -0.3 is 11.1 Å². The lowest BCUT2D eigenvalue weighted by Crippen LogP contribution is -2.10. The number of hydrogen-bond donors (Lipinski definition) is 2. The zero-order valence-electron chi connectivity index (χ0n) is 11.2. The summed E-state index contributed by atoms with van der Waals surface area (Å²) in [7, 11) is 0. The summed E-state index contributed by atoms with van der Waals surface area (Å²) in [5.74, 6) is 1.25. The minimum Gasteiger partial charge on any atom is -0.399 e. The van der Waals surface area contributed by atoms with E-state index < -0.39 is 0 Å². The zero-order valence-corrected chi connectivity index (χ0v) is 12.0. The number of aromatic nitrogens is 2. The van der Waals surface area contributed by atoms with Gasteiger partial charge in [-0.05, 0) is 30.3 Å². The van der Waals surface area contributed by atoms with Crippen molar-refractivity contribution in [2.45, 2.75) is 12.8 Å². The smallest absolute Gasteiger partial charge is 0.126 e. The fourth-order valence-electron chi connectivity index (χ4n) is 2.07. The third-order valence-corrected chi connectivity index (χ3v) is 4.18. The van der Waals surface area contributed by atoms with Crippen LogP contribution in [-0.2, 0) is 0 Å². The molecule has 0 aliphatic carbocycles. The number of hydrogen-bond acceptors (Lipinski definition) is 5. The fourth-order valence-corrected chi connectivity index (χ4v) is 2.76. The first-order valence-electron chi connectivity index (χ1n) is 6.52. The van der Waals surface area contributed by atoms with Gasteiger partial charge >= 0.3 is 0 Å². The van der Waals surface area contributed by atoms with Gasteiger partial charge in [0.05, 0.1) is 10.5 Å². The van der Waals surface area contributed by atoms with E-state index in [2.05, 4.69) is 22.2 Å². The van der Waals surface area contributed by atoms with Crippen LogP contribution in [0.5, 0.6) is 0 Å². The van der Waals surface area contributed by atoms with Gasteiger partial charge in [-0.2, -0.15) is 0 Å². The molecule has 0 amide bonds. The highest BCUT2D eigenvalue weighted by Gasteiger charge is 2.08. The molecule has 0 fully saturated rings. The van der Waals surface area contributed by atoms with Crippen molar-refractivity contribution in [3.63, 3.8) is 0 Å². The number of nitrogen functional groups attached to an aromatic ring is 1. The highest BCUT2D eigenvalue weighted by Crippen LogP contribution is 2.20. The number of pyridine rings is 1. The van der Waals surface area contributed by atoms with E-state index in [4.69, 9.17) is 5.73 Å². The summed E-state index contributed by atoms with van der Waals surface area (Å²) >= 11 is 1.68. The molecule has 0 spiro atoms. The molecule has 0 saturated heterocycles. The Balaban J connectivity index is 1.73. The predicted octanol–water partition coefficient (Wildman–Crippen LogP) is 3.49. The number of nitrogens with one attached hydrogen (secondary N) is 1. The summed E-state index contributed by atoms with van der Waals surface area (Å²) in [6, 6.07) is 9.77. The van der Waals surface area contributed by atoms with E-state index >= 15 is 0 Å². The van der Waals surface area contributed by atoms with Crippen LogP contribution < -0.4 is 11.1 Å². The van der Waals surface area contributed by atoms with E-state index in [9.17, 15) is 0 Å². The molecule has 0 bridgehead atoms. The molecule has 102 valence electrons. The Hall–Kier alpha value is -2.14. The van der Waals surface area contributed by atoms with Crippen LogP contribution in [0.2, 0.25) is 0 Å². The molecular weight excluding hydrogens is 268 g/mol. The first kappa shape index (κ1) is 12.9. The molecule has 1 aromatic carbocycles. The van der Waals surface area contributed by atoms with Crippen LogP contribution in [0.15, 0.2) is 41.9 Å². The van der Waals surface area contributed by atoms with Crippen LogP contribution >= 0.6 is 11.3 Å². The lowest BCUT2D eigenvalue weighted by atomic mass is 10.2. The number of rotatable bonds is 4. The second-order valence-corrected chi connectivity index (χ2v) is 5.73. The van der Waals surface area contributed by atoms with Crippen LogP contribution in [0.1, 0.15) is 17.8 Å². The minimum absolute atomic E-state index is 0.374. The molecule has 3 rings (SSSR count). The number of nitrogens with zero attached hydrogens (tertiary/aromatic N) is 2. The fraction of sp³-hybridized carbons (Fsp3) is 0.200. The molecule has 2 heterocycles. The number of nitrogens with two attached hydrogens (primary N) is 1. The number of anilines is 2. The van der Waals surface area contributed by atoms with Gasteiger partial charge in [0.15, 0.2) is 0 Å². The summed E-state index contributed by atoms with van der Waals surface area (Å²) in [5.41, 5.74) is 7.48. The molecule has 3 N–H and O–H groups in total. The third-order valence-electron chi connectivity index (χ3n) is 3.18. The van der Waals surface area contributed by atoms with Gasteiger partial charge in [0.2, 0.25) is 0 Å². The molecule has 20 heavy (non-hydrogen) atoms. The Labute approximate surface area is 121 Å². The Morgan fingerprint density at radius 3 is 3.00 bits per heavy atom. The van der Waals surface area contributed by atoms with Gasteiger partial charge in [-0.3, -0.25) is 0 Å². The van der Waals surface area contributed by atoms with E-state index in [1.807, 2.05) is 41.9 Å². The van der Waals surface area contributed by atoms with Crippen molar-refractivity contribution in [3.8, 4) is 0 Å². The first-order valence-corrected chi connectivity index (χ1v) is 7.40. The van der Waals surface area contributed by atoms with E-state index in [1.165, 1.54) is 0 Å². The monoisotopic (exact) mass is 284 g/mol. The van der Waals surface area contributed by atoms with E-state index in [1.54, 1.807) is 11.3 Å². The van der Waals surface area contributed by atoms with E-state index in [0.29, 0.717) is 5.92 Å². The maximum atomic E-state index is 5.77. The van der Waals surface area contributed by atoms with Gasteiger partial charge in [0, 0.05) is 35.1 Å². The highest BCUT2D eigenvalue weighted by molar-refractivity contribution is 7.09. The average Bonchev–Trinajstić information content (AvgIpc) is 2.99. The Bertz CT molecular complexity index is 709. The Morgan fingerprint density at radius 2 is 2.20 bits per heavy atom. The summed E-state index contributed by atoms with van der Waals surface area (Å²) in [4.78, 5) is 8.92. The number of benzene rings is 1. The van der Waals surface area contributed by atoms with Gasteiger partial charge in [-0.25, -0.2) is 9.97 Å². The van der Waals surface area contributed by atoms with Gasteiger partial charge in [0.1, 0.15) is 5.82 Å². The maximum absolute atomic E-state index is 5.77. The lowest BCUT2D eigenvalue weighted by Gasteiger charge is -2.11. The van der Waals surface area contributed by atoms with E-state index in [0.717, 1.165) is 34.0 Å². The predicted molar refractivity (Wildman–Crippen MR) is 85.2 cm³/mol. The molecule has 0 aliphatic heterocycles. The van der Waals surface area contributed by atoms with Crippen molar-refractivity contribution < 1.29 is 0 Å². The Kier molecular flexibility index (Phi) is 3.52. The maximum Gasteiger partial charge on any atom is 0.126 e. The van der Waals surface area contributed by atoms with Crippen molar-refractivity contribution in [2.24, 2.45) is 0 Å². The first-order chi connectivity index (χ1) is 9.72. The number of fused-ring (bicyclic) bond motifs is 1. The second-order valence-electron chi connectivity index (χ2n) is 4.80. The molecule has 0 saturated carbocycles. The molecule has 4 nitrogen and oxygen atoms in total. The van der Waals surface area contributed by atoms with Gasteiger partial charge in [-0.15, -0.1) is 11.3 Å². The summed E-state index contributed by atoms with van der Waals surface area (Å²) in [5, 5.41) is 7.57. The van der Waals surface area contributed by atoms with Gasteiger partial charge in [0.25, 0.3) is 0 Å². The van der Waals surface area contributed by atoms with E-state index in [-0.39, 0.29) is 0 Å². The standard InChI is InChI=1S/C15H16N4S/c1-10(15-17-6-7-20-15)9-18-14-5-2-11-8-12(16)3-4-13(11)19-14/h2-8,10H,9,16H2,1H3,(H,18,19). The molecular formula is C15H16N4S. The lowest BCUT2D eigenvalue weighted by molar-refractivity contribution is 0.792. The van der Waals surface area contributed by atoms with Crippen molar-refractivity contribution in [3.05, 3.63) is 46.9 Å². The molecule has 1 atom stereocenters. The summed E-state index contributed by atoms with van der Waals surface area (Å²) < 4.78 is 0. The molecule has 5 heteroatoms. The molecule has 2 aromatic heterocycles. The summed E-state index contributed by atoms with van der Waals surface area (Å²) in [6.07, 6.45) is 1.84. The van der Waals surface area contributed by atoms with Crippen LogP contribution in [0.3, 0.4) is 0 Å². The largest absolute Gasteiger partial charge is 0.399 e. The molecule has 3 aromatic rings. The topological polar surface area (TPSA) is 63.8 Å². The highest BCUT2D eigenvalue weighted by atomic mass is 32.1. The normalized spacial score (nSPS) is 12.4. The van der Waals surface area contributed by atoms with Crippen LogP contribution in [0, 0.1) is 0 Å². The zero-order chi connectivity index (χ0) is 13.9. The molecule has 0 radical (unpaired) electrons. The van der Waals surface area contributed by atoms with Crippen LogP contribution in [-0.4, -0.2) is 16.5 Å². The van der Waals surface area contributed by atoms with Crippen molar-refractivity contribution in [1.29, 1.82) is 0 Å². The average molecular weight is 284 g/mol. The summed E-state index contributed by atoms with van der Waals surface area (Å²) in [6.45, 7) is 2.98. The second kappa shape index (κ2) is 5.46. The third kappa shape index (κ3) is 2.72. The molecule has 1 unspecified atom stereocenters. The molecule has 0 aliphatic rings. The van der Waals surface area contributed by atoms with Crippen molar-refractivity contribution in [1.82, 2.24) is 9.97 Å². The van der Waals surface area contributed by atoms with Crippen LogP contribution in [0.25, 0.3) is 10.9 Å². The minimum atomic E-state index is 0.374. The Morgan fingerprint density at radius 1 is 1.30 bits per heavy atom.